The van der Waals surface area contributed by atoms with Crippen molar-refractivity contribution in [2.75, 3.05) is 26.2 Å². The summed E-state index contributed by atoms with van der Waals surface area (Å²) in [6.07, 6.45) is 8.93. The fourth-order valence-corrected chi connectivity index (χ4v) is 2.93. The summed E-state index contributed by atoms with van der Waals surface area (Å²) in [5.41, 5.74) is 3.21. The van der Waals surface area contributed by atoms with Crippen LogP contribution in [0.3, 0.4) is 0 Å². The highest BCUT2D eigenvalue weighted by molar-refractivity contribution is 5.91. The van der Waals surface area contributed by atoms with Crippen LogP contribution in [0.15, 0.2) is 60.7 Å². The Labute approximate surface area is 149 Å². The van der Waals surface area contributed by atoms with E-state index in [0.29, 0.717) is 0 Å². The minimum Gasteiger partial charge on any atom is -0.337 e. The van der Waals surface area contributed by atoms with Crippen LogP contribution in [0.5, 0.6) is 0 Å². The molecule has 1 amide bonds. The van der Waals surface area contributed by atoms with Crippen LogP contribution in [0.1, 0.15) is 16.7 Å². The maximum absolute atomic E-state index is 12.3. The lowest BCUT2D eigenvalue weighted by Gasteiger charge is -2.34. The van der Waals surface area contributed by atoms with E-state index in [1.807, 2.05) is 53.4 Å². The second-order valence-electron chi connectivity index (χ2n) is 6.19. The van der Waals surface area contributed by atoms with Crippen molar-refractivity contribution in [1.82, 2.24) is 9.80 Å². The molecule has 126 valence electrons. The number of benzene rings is 2. The SMILES string of the molecule is C#Cc1ccc(CN2CCN(C(=O)/C=C/c3ccccc3)CC2)cc1. The van der Waals surface area contributed by atoms with E-state index in [1.165, 1.54) is 5.56 Å². The van der Waals surface area contributed by atoms with Crippen LogP contribution in [0.2, 0.25) is 0 Å². The number of amides is 1. The summed E-state index contributed by atoms with van der Waals surface area (Å²) in [4.78, 5) is 16.6. The summed E-state index contributed by atoms with van der Waals surface area (Å²) in [5.74, 6) is 2.72. The molecule has 3 rings (SSSR count). The van der Waals surface area contributed by atoms with E-state index in [2.05, 4.69) is 23.0 Å². The molecule has 0 bridgehead atoms. The summed E-state index contributed by atoms with van der Waals surface area (Å²) < 4.78 is 0. The van der Waals surface area contributed by atoms with Crippen LogP contribution in [0.25, 0.3) is 6.08 Å². The summed E-state index contributed by atoms with van der Waals surface area (Å²) in [6.45, 7) is 4.21. The topological polar surface area (TPSA) is 23.6 Å². The first-order valence-electron chi connectivity index (χ1n) is 8.54. The second kappa shape index (κ2) is 8.32. The minimum absolute atomic E-state index is 0.0851. The van der Waals surface area contributed by atoms with Gasteiger partial charge in [-0.3, -0.25) is 9.69 Å². The second-order valence-corrected chi connectivity index (χ2v) is 6.19. The summed E-state index contributed by atoms with van der Waals surface area (Å²) in [6, 6.07) is 18.0. The molecule has 0 aromatic heterocycles. The molecule has 0 unspecified atom stereocenters. The Kier molecular flexibility index (Phi) is 5.66. The average molecular weight is 330 g/mol. The van der Waals surface area contributed by atoms with Crippen LogP contribution in [-0.4, -0.2) is 41.9 Å². The van der Waals surface area contributed by atoms with E-state index in [1.54, 1.807) is 6.08 Å². The van der Waals surface area contributed by atoms with Gasteiger partial charge < -0.3 is 4.90 Å². The van der Waals surface area contributed by atoms with E-state index in [4.69, 9.17) is 6.42 Å². The molecule has 0 N–H and O–H groups in total. The Balaban J connectivity index is 1.48. The zero-order valence-electron chi connectivity index (χ0n) is 14.3. The largest absolute Gasteiger partial charge is 0.337 e. The Morgan fingerprint density at radius 1 is 1.00 bits per heavy atom. The summed E-state index contributed by atoms with van der Waals surface area (Å²) in [7, 11) is 0. The predicted molar refractivity (Wildman–Crippen MR) is 102 cm³/mol. The maximum Gasteiger partial charge on any atom is 0.246 e. The van der Waals surface area contributed by atoms with E-state index >= 15 is 0 Å². The van der Waals surface area contributed by atoms with Gasteiger partial charge in [0.25, 0.3) is 0 Å². The van der Waals surface area contributed by atoms with Gasteiger partial charge in [0.05, 0.1) is 0 Å². The fourth-order valence-electron chi connectivity index (χ4n) is 2.93. The Morgan fingerprint density at radius 3 is 2.32 bits per heavy atom. The summed E-state index contributed by atoms with van der Waals surface area (Å²) in [5, 5.41) is 0. The first-order valence-corrected chi connectivity index (χ1v) is 8.54. The van der Waals surface area contributed by atoms with Crippen LogP contribution in [0.4, 0.5) is 0 Å². The minimum atomic E-state index is 0.0851. The van der Waals surface area contributed by atoms with Crippen LogP contribution < -0.4 is 0 Å². The van der Waals surface area contributed by atoms with E-state index < -0.39 is 0 Å². The van der Waals surface area contributed by atoms with Gasteiger partial charge >= 0.3 is 0 Å². The third-order valence-electron chi connectivity index (χ3n) is 4.43. The Morgan fingerprint density at radius 2 is 1.68 bits per heavy atom. The van der Waals surface area contributed by atoms with Gasteiger partial charge in [0, 0.05) is 44.4 Å². The lowest BCUT2D eigenvalue weighted by Crippen LogP contribution is -2.47. The molecule has 3 heteroatoms. The fraction of sp³-hybridized carbons (Fsp3) is 0.227. The van der Waals surface area contributed by atoms with Crippen molar-refractivity contribution in [2.24, 2.45) is 0 Å². The quantitative estimate of drug-likeness (QED) is 0.635. The van der Waals surface area contributed by atoms with Crippen LogP contribution in [0, 0.1) is 12.3 Å². The van der Waals surface area contributed by atoms with E-state index in [9.17, 15) is 4.79 Å². The summed E-state index contributed by atoms with van der Waals surface area (Å²) >= 11 is 0. The Hall–Kier alpha value is -2.83. The van der Waals surface area contributed by atoms with Crippen molar-refractivity contribution in [3.8, 4) is 12.3 Å². The molecule has 0 atom stereocenters. The smallest absolute Gasteiger partial charge is 0.246 e. The van der Waals surface area contributed by atoms with Gasteiger partial charge in [-0.15, -0.1) is 6.42 Å². The molecule has 1 aliphatic rings. The van der Waals surface area contributed by atoms with Gasteiger partial charge in [-0.25, -0.2) is 0 Å². The highest BCUT2D eigenvalue weighted by Crippen LogP contribution is 2.11. The first-order chi connectivity index (χ1) is 12.2. The molecule has 0 saturated carbocycles. The molecule has 1 aliphatic heterocycles. The van der Waals surface area contributed by atoms with Crippen molar-refractivity contribution in [3.05, 3.63) is 77.4 Å². The van der Waals surface area contributed by atoms with Gasteiger partial charge in [-0.05, 0) is 29.3 Å². The van der Waals surface area contributed by atoms with Gasteiger partial charge in [0.15, 0.2) is 0 Å². The van der Waals surface area contributed by atoms with Crippen molar-refractivity contribution in [2.45, 2.75) is 6.54 Å². The molecule has 25 heavy (non-hydrogen) atoms. The molecular weight excluding hydrogens is 308 g/mol. The molecule has 3 nitrogen and oxygen atoms in total. The van der Waals surface area contributed by atoms with Crippen molar-refractivity contribution in [3.63, 3.8) is 0 Å². The number of hydrogen-bond donors (Lipinski definition) is 0. The van der Waals surface area contributed by atoms with Crippen molar-refractivity contribution < 1.29 is 4.79 Å². The van der Waals surface area contributed by atoms with Crippen molar-refractivity contribution in [1.29, 1.82) is 0 Å². The number of nitrogens with zero attached hydrogens (tertiary/aromatic N) is 2. The number of hydrogen-bond acceptors (Lipinski definition) is 2. The molecule has 1 heterocycles. The molecule has 0 spiro atoms. The monoisotopic (exact) mass is 330 g/mol. The highest BCUT2D eigenvalue weighted by atomic mass is 16.2. The molecule has 0 radical (unpaired) electrons. The molecule has 1 fully saturated rings. The number of terminal acetylenes is 1. The van der Waals surface area contributed by atoms with Crippen molar-refractivity contribution >= 4 is 12.0 Å². The normalized spacial score (nSPS) is 15.2. The number of piperazine rings is 1. The third-order valence-corrected chi connectivity index (χ3v) is 4.43. The number of rotatable bonds is 4. The zero-order chi connectivity index (χ0) is 17.5. The molecular formula is C22H22N2O. The van der Waals surface area contributed by atoms with Crippen LogP contribution >= 0.6 is 0 Å². The highest BCUT2D eigenvalue weighted by Gasteiger charge is 2.19. The average Bonchev–Trinajstić information content (AvgIpc) is 2.68. The van der Waals surface area contributed by atoms with E-state index in [-0.39, 0.29) is 5.91 Å². The maximum atomic E-state index is 12.3. The van der Waals surface area contributed by atoms with Gasteiger partial charge in [0.1, 0.15) is 0 Å². The molecule has 2 aromatic carbocycles. The Bertz CT molecular complexity index is 764. The number of carbonyl (C=O) groups excluding carboxylic acids is 1. The zero-order valence-corrected chi connectivity index (χ0v) is 14.3. The third kappa shape index (κ3) is 4.82. The van der Waals surface area contributed by atoms with Gasteiger partial charge in [-0.1, -0.05) is 48.4 Å². The molecule has 2 aromatic rings. The first kappa shape index (κ1) is 17.0. The predicted octanol–water partition coefficient (Wildman–Crippen LogP) is 3.03. The number of carbonyl (C=O) groups is 1. The van der Waals surface area contributed by atoms with Crippen LogP contribution in [-0.2, 0) is 11.3 Å². The molecule has 0 aliphatic carbocycles. The standard InChI is InChI=1S/C22H22N2O/c1-2-19-8-10-21(11-9-19)18-23-14-16-24(17-15-23)22(25)13-12-20-6-4-3-5-7-20/h1,3-13H,14-18H2/b13-12+. The molecule has 1 saturated heterocycles. The lowest BCUT2D eigenvalue weighted by molar-refractivity contribution is -0.127. The van der Waals surface area contributed by atoms with Gasteiger partial charge in [0.2, 0.25) is 5.91 Å². The lowest BCUT2D eigenvalue weighted by atomic mass is 10.1. The van der Waals surface area contributed by atoms with Gasteiger partial charge in [-0.2, -0.15) is 0 Å². The van der Waals surface area contributed by atoms with E-state index in [0.717, 1.165) is 43.9 Å².